The van der Waals surface area contributed by atoms with Crippen LogP contribution >= 0.6 is 11.6 Å². The SMILES string of the molecule is NC(=O)c1ccc2[nH]c(-c3ccc(C(c4ccc(Cl)cc4)N4CCNCC4)cc3)nc2c1. The van der Waals surface area contributed by atoms with Crippen LogP contribution < -0.4 is 11.1 Å². The summed E-state index contributed by atoms with van der Waals surface area (Å²) in [6.45, 7) is 3.94. The number of fused-ring (bicyclic) bond motifs is 1. The Morgan fingerprint density at radius 3 is 2.28 bits per heavy atom. The van der Waals surface area contributed by atoms with Gasteiger partial charge in [-0.05, 0) is 41.5 Å². The van der Waals surface area contributed by atoms with Crippen molar-refractivity contribution in [2.75, 3.05) is 26.2 Å². The lowest BCUT2D eigenvalue weighted by Gasteiger charge is -2.35. The van der Waals surface area contributed by atoms with Gasteiger partial charge in [-0.1, -0.05) is 48.0 Å². The summed E-state index contributed by atoms with van der Waals surface area (Å²) in [7, 11) is 0. The zero-order valence-corrected chi connectivity index (χ0v) is 18.3. The van der Waals surface area contributed by atoms with Gasteiger partial charge in [-0.2, -0.15) is 0 Å². The summed E-state index contributed by atoms with van der Waals surface area (Å²) < 4.78 is 0. The van der Waals surface area contributed by atoms with Crippen LogP contribution in [0.25, 0.3) is 22.4 Å². The van der Waals surface area contributed by atoms with Crippen LogP contribution in [0.5, 0.6) is 0 Å². The van der Waals surface area contributed by atoms with Gasteiger partial charge in [0.05, 0.1) is 17.1 Å². The third kappa shape index (κ3) is 4.12. The van der Waals surface area contributed by atoms with Gasteiger partial charge in [0.25, 0.3) is 0 Å². The van der Waals surface area contributed by atoms with Crippen LogP contribution in [0.4, 0.5) is 0 Å². The third-order valence-electron chi connectivity index (χ3n) is 5.97. The number of nitrogens with two attached hydrogens (primary N) is 1. The maximum atomic E-state index is 11.5. The van der Waals surface area contributed by atoms with Crippen LogP contribution in [0.1, 0.15) is 27.5 Å². The van der Waals surface area contributed by atoms with E-state index in [0.717, 1.165) is 53.6 Å². The summed E-state index contributed by atoms with van der Waals surface area (Å²) in [5, 5.41) is 4.17. The van der Waals surface area contributed by atoms with Crippen LogP contribution in [-0.4, -0.2) is 47.0 Å². The molecule has 2 heterocycles. The molecule has 1 atom stereocenters. The number of nitrogens with one attached hydrogen (secondary N) is 2. The average molecular weight is 446 g/mol. The first-order valence-corrected chi connectivity index (χ1v) is 11.1. The number of aromatic nitrogens is 2. The van der Waals surface area contributed by atoms with E-state index in [0.29, 0.717) is 5.56 Å². The fourth-order valence-corrected chi connectivity index (χ4v) is 4.44. The monoisotopic (exact) mass is 445 g/mol. The number of carbonyl (C=O) groups excluding carboxylic acids is 1. The first-order valence-electron chi connectivity index (χ1n) is 10.7. The van der Waals surface area contributed by atoms with Crippen molar-refractivity contribution < 1.29 is 4.79 Å². The van der Waals surface area contributed by atoms with Crippen LogP contribution in [-0.2, 0) is 0 Å². The molecule has 6 nitrogen and oxygen atoms in total. The minimum Gasteiger partial charge on any atom is -0.366 e. The Morgan fingerprint density at radius 2 is 1.62 bits per heavy atom. The molecule has 32 heavy (non-hydrogen) atoms. The lowest BCUT2D eigenvalue weighted by molar-refractivity contribution is 0.100. The first-order chi connectivity index (χ1) is 15.6. The minimum atomic E-state index is -0.457. The minimum absolute atomic E-state index is 0.164. The van der Waals surface area contributed by atoms with Crippen molar-refractivity contribution in [1.29, 1.82) is 0 Å². The Kier molecular flexibility index (Phi) is 5.66. The van der Waals surface area contributed by atoms with Crippen LogP contribution in [0.2, 0.25) is 5.02 Å². The molecule has 1 saturated heterocycles. The fourth-order valence-electron chi connectivity index (χ4n) is 4.32. The van der Waals surface area contributed by atoms with E-state index in [9.17, 15) is 4.79 Å². The van der Waals surface area contributed by atoms with E-state index in [1.54, 1.807) is 12.1 Å². The molecule has 0 bridgehead atoms. The predicted octanol–water partition coefficient (Wildman–Crippen LogP) is 3.98. The van der Waals surface area contributed by atoms with Crippen molar-refractivity contribution in [3.8, 4) is 11.4 Å². The van der Waals surface area contributed by atoms with Gasteiger partial charge in [-0.15, -0.1) is 0 Å². The molecule has 0 aliphatic carbocycles. The number of H-pyrrole nitrogens is 1. The highest BCUT2D eigenvalue weighted by Crippen LogP contribution is 2.31. The summed E-state index contributed by atoms with van der Waals surface area (Å²) in [5.74, 6) is 0.306. The lowest BCUT2D eigenvalue weighted by atomic mass is 9.95. The molecule has 1 fully saturated rings. The highest BCUT2D eigenvalue weighted by atomic mass is 35.5. The molecule has 1 unspecified atom stereocenters. The van der Waals surface area contributed by atoms with Gasteiger partial charge in [0.2, 0.25) is 5.91 Å². The van der Waals surface area contributed by atoms with E-state index in [-0.39, 0.29) is 6.04 Å². The number of carbonyl (C=O) groups is 1. The number of nitrogens with zero attached hydrogens (tertiary/aromatic N) is 2. The van der Waals surface area contributed by atoms with Gasteiger partial charge in [0.15, 0.2) is 0 Å². The number of primary amides is 1. The second-order valence-electron chi connectivity index (χ2n) is 8.04. The highest BCUT2D eigenvalue weighted by molar-refractivity contribution is 6.30. The number of benzene rings is 3. The molecule has 162 valence electrons. The van der Waals surface area contributed by atoms with Crippen molar-refractivity contribution >= 4 is 28.5 Å². The van der Waals surface area contributed by atoms with Gasteiger partial charge < -0.3 is 16.0 Å². The second kappa shape index (κ2) is 8.74. The van der Waals surface area contributed by atoms with E-state index >= 15 is 0 Å². The van der Waals surface area contributed by atoms with E-state index in [1.165, 1.54) is 11.1 Å². The molecule has 4 aromatic rings. The van der Waals surface area contributed by atoms with Gasteiger partial charge in [0, 0.05) is 42.3 Å². The highest BCUT2D eigenvalue weighted by Gasteiger charge is 2.24. The number of piperazine rings is 1. The van der Waals surface area contributed by atoms with Gasteiger partial charge in [-0.25, -0.2) is 4.98 Å². The third-order valence-corrected chi connectivity index (χ3v) is 6.22. The summed E-state index contributed by atoms with van der Waals surface area (Å²) in [4.78, 5) is 22.0. The smallest absolute Gasteiger partial charge is 0.248 e. The fraction of sp³-hybridized carbons (Fsp3) is 0.200. The van der Waals surface area contributed by atoms with E-state index < -0.39 is 5.91 Å². The molecule has 1 aromatic heterocycles. The molecular weight excluding hydrogens is 422 g/mol. The lowest BCUT2D eigenvalue weighted by Crippen LogP contribution is -2.45. The summed E-state index contributed by atoms with van der Waals surface area (Å²) in [5.41, 5.74) is 10.9. The molecule has 1 aliphatic heterocycles. The van der Waals surface area contributed by atoms with Gasteiger partial charge >= 0.3 is 0 Å². The molecule has 0 radical (unpaired) electrons. The topological polar surface area (TPSA) is 87.0 Å². The number of amides is 1. The standard InChI is InChI=1S/C25H24ClN5O/c26-20-8-5-17(6-9-20)23(31-13-11-28-12-14-31)16-1-3-18(4-2-16)25-29-21-10-7-19(24(27)32)15-22(21)30-25/h1-10,15,23,28H,11-14H2,(H2,27,32)(H,29,30). The Morgan fingerprint density at radius 1 is 0.969 bits per heavy atom. The van der Waals surface area contributed by atoms with Crippen molar-refractivity contribution in [1.82, 2.24) is 20.2 Å². The molecule has 0 saturated carbocycles. The summed E-state index contributed by atoms with van der Waals surface area (Å²) in [6, 6.07) is 22.1. The second-order valence-corrected chi connectivity index (χ2v) is 8.48. The first kappa shape index (κ1) is 20.7. The van der Waals surface area contributed by atoms with Crippen LogP contribution in [0.15, 0.2) is 66.7 Å². The summed E-state index contributed by atoms with van der Waals surface area (Å²) in [6.07, 6.45) is 0. The Labute approximate surface area is 191 Å². The molecular formula is C25H24ClN5O. The number of imidazole rings is 1. The summed E-state index contributed by atoms with van der Waals surface area (Å²) >= 11 is 6.14. The van der Waals surface area contributed by atoms with Crippen molar-refractivity contribution in [2.24, 2.45) is 5.73 Å². The maximum absolute atomic E-state index is 11.5. The quantitative estimate of drug-likeness (QED) is 0.433. The maximum Gasteiger partial charge on any atom is 0.248 e. The van der Waals surface area contributed by atoms with Crippen LogP contribution in [0, 0.1) is 0 Å². The number of hydrogen-bond acceptors (Lipinski definition) is 4. The number of aromatic amines is 1. The largest absolute Gasteiger partial charge is 0.366 e. The molecule has 3 aromatic carbocycles. The Balaban J connectivity index is 1.48. The van der Waals surface area contributed by atoms with Crippen molar-refractivity contribution in [3.05, 3.63) is 88.4 Å². The van der Waals surface area contributed by atoms with Gasteiger partial charge in [0.1, 0.15) is 5.82 Å². The molecule has 7 heteroatoms. The molecule has 5 rings (SSSR count). The predicted molar refractivity (Wildman–Crippen MR) is 128 cm³/mol. The molecule has 0 spiro atoms. The molecule has 1 aliphatic rings. The van der Waals surface area contributed by atoms with E-state index in [1.807, 2.05) is 18.2 Å². The normalized spacial score (nSPS) is 15.7. The van der Waals surface area contributed by atoms with Crippen molar-refractivity contribution in [2.45, 2.75) is 6.04 Å². The van der Waals surface area contributed by atoms with Crippen molar-refractivity contribution in [3.63, 3.8) is 0 Å². The number of hydrogen-bond donors (Lipinski definition) is 3. The molecule has 4 N–H and O–H groups in total. The van der Waals surface area contributed by atoms with Gasteiger partial charge in [-0.3, -0.25) is 9.69 Å². The average Bonchev–Trinajstić information content (AvgIpc) is 3.25. The Hall–Kier alpha value is -3.19. The Bertz CT molecular complexity index is 1240. The van der Waals surface area contributed by atoms with E-state index in [2.05, 4.69) is 56.6 Å². The zero-order chi connectivity index (χ0) is 22.1. The number of halogens is 1. The number of rotatable bonds is 5. The van der Waals surface area contributed by atoms with E-state index in [4.69, 9.17) is 17.3 Å². The van der Waals surface area contributed by atoms with Crippen LogP contribution in [0.3, 0.4) is 0 Å². The molecule has 1 amide bonds. The zero-order valence-electron chi connectivity index (χ0n) is 17.5.